The summed E-state index contributed by atoms with van der Waals surface area (Å²) in [6.45, 7) is 22.0. The van der Waals surface area contributed by atoms with Gasteiger partial charge in [-0.25, -0.2) is 14.6 Å². The van der Waals surface area contributed by atoms with Crippen molar-refractivity contribution < 1.29 is 81.2 Å². The Bertz CT molecular complexity index is 3140. The summed E-state index contributed by atoms with van der Waals surface area (Å²) in [6.07, 6.45) is 3.15. The van der Waals surface area contributed by atoms with Crippen LogP contribution in [0, 0.1) is 25.7 Å². The number of fused-ring (bicyclic) bond motifs is 5. The van der Waals surface area contributed by atoms with Crippen molar-refractivity contribution in [3.8, 4) is 11.4 Å². The molecule has 4 amide bonds. The first-order chi connectivity index (χ1) is 44.9. The largest absolute Gasteiger partial charge is 0.458 e. The summed E-state index contributed by atoms with van der Waals surface area (Å²) in [5.74, 6) is -1.80. The van der Waals surface area contributed by atoms with Crippen LogP contribution in [0.4, 0.5) is 10.5 Å². The number of carbonyl (C=O) groups excluding carboxylic acids is 5. The molecule has 0 bridgehead atoms. The SMILES string of the molecule is CC[C@@]1(O)C(=O)OCc2c1cc1n(c2=O)Cc2c-1nc1cc(C)c(C)c3c1c2[C@@H](NC(=O)OCc1ccc(NC(=O)[C@H](CCCCN)NC(=O)[C@@H](NC(=O)CCOCCOCCOCCOCCOCCOCCOCCOCCOCCC(C)C)C(C)C)cc1)CC3. The zero-order valence-electron chi connectivity index (χ0n) is 55.4. The molecule has 2 aromatic heterocycles. The lowest BCUT2D eigenvalue weighted by Crippen LogP contribution is -2.54. The first kappa shape index (κ1) is 73.9. The molecule has 0 saturated carbocycles. The van der Waals surface area contributed by atoms with E-state index in [1.807, 2.05) is 13.0 Å². The topological polar surface area (TPSA) is 316 Å². The third-order valence-corrected chi connectivity index (χ3v) is 16.7. The van der Waals surface area contributed by atoms with Crippen LogP contribution in [0.15, 0.2) is 41.2 Å². The van der Waals surface area contributed by atoms with Crippen LogP contribution in [0.3, 0.4) is 0 Å². The fourth-order valence-electron chi connectivity index (χ4n) is 11.3. The van der Waals surface area contributed by atoms with E-state index in [9.17, 15) is 33.9 Å². The quantitative estimate of drug-likeness (QED) is 0.0196. The summed E-state index contributed by atoms with van der Waals surface area (Å²) in [4.78, 5) is 86.4. The first-order valence-corrected chi connectivity index (χ1v) is 32.9. The molecule has 4 atom stereocenters. The van der Waals surface area contributed by atoms with Crippen molar-refractivity contribution in [1.29, 1.82) is 0 Å². The van der Waals surface area contributed by atoms with E-state index >= 15 is 0 Å². The molecule has 3 aliphatic rings. The van der Waals surface area contributed by atoms with Crippen LogP contribution < -0.4 is 32.6 Å². The van der Waals surface area contributed by atoms with Gasteiger partial charge >= 0.3 is 12.1 Å². The van der Waals surface area contributed by atoms with E-state index in [-0.39, 0.29) is 74.3 Å². The number of hydrogen-bond acceptors (Lipinski definition) is 20. The van der Waals surface area contributed by atoms with Gasteiger partial charge in [0.05, 0.1) is 147 Å². The number of alkyl carbamates (subject to hydrolysis) is 1. The van der Waals surface area contributed by atoms with Crippen LogP contribution in [0.25, 0.3) is 22.3 Å². The minimum absolute atomic E-state index is 0.00949. The lowest BCUT2D eigenvalue weighted by atomic mass is 9.81. The number of unbranched alkanes of at least 4 members (excludes halogenated alkanes) is 1. The second kappa shape index (κ2) is 38.2. The van der Waals surface area contributed by atoms with E-state index < -0.39 is 47.6 Å². The molecule has 0 saturated heterocycles. The number of rotatable bonds is 44. The smallest absolute Gasteiger partial charge is 0.407 e. The summed E-state index contributed by atoms with van der Waals surface area (Å²) in [5.41, 5.74) is 11.6. The molecular formula is C68H99N7O18. The van der Waals surface area contributed by atoms with Crippen LogP contribution in [0.2, 0.25) is 0 Å². The lowest BCUT2D eigenvalue weighted by Gasteiger charge is -2.31. The number of hydrogen-bond donors (Lipinski definition) is 6. The average Bonchev–Trinajstić information content (AvgIpc) is 1.63. The second-order valence-electron chi connectivity index (χ2n) is 24.2. The van der Waals surface area contributed by atoms with E-state index in [1.165, 1.54) is 0 Å². The number of pyridine rings is 2. The van der Waals surface area contributed by atoms with Gasteiger partial charge in [-0.05, 0) is 129 Å². The second-order valence-corrected chi connectivity index (χ2v) is 24.2. The number of carbonyl (C=O) groups is 5. The maximum absolute atomic E-state index is 14.1. The third-order valence-electron chi connectivity index (χ3n) is 16.7. The van der Waals surface area contributed by atoms with Gasteiger partial charge in [-0.3, -0.25) is 19.2 Å². The molecule has 25 nitrogen and oxygen atoms in total. The number of benzene rings is 2. The zero-order chi connectivity index (χ0) is 66.7. The van der Waals surface area contributed by atoms with Crippen molar-refractivity contribution >= 4 is 46.4 Å². The summed E-state index contributed by atoms with van der Waals surface area (Å²) in [7, 11) is 0. The van der Waals surface area contributed by atoms with E-state index in [4.69, 9.17) is 62.8 Å². The van der Waals surface area contributed by atoms with Crippen LogP contribution in [-0.4, -0.2) is 182 Å². The molecule has 514 valence electrons. The van der Waals surface area contributed by atoms with Crippen LogP contribution in [0.5, 0.6) is 0 Å². The lowest BCUT2D eigenvalue weighted by molar-refractivity contribution is -0.172. The highest BCUT2D eigenvalue weighted by Gasteiger charge is 2.46. The molecule has 0 unspecified atom stereocenters. The van der Waals surface area contributed by atoms with E-state index in [0.29, 0.717) is 172 Å². The molecule has 25 heteroatoms. The number of anilines is 1. The van der Waals surface area contributed by atoms with E-state index in [1.54, 1.807) is 55.7 Å². The maximum Gasteiger partial charge on any atom is 0.407 e. The van der Waals surface area contributed by atoms with Crippen molar-refractivity contribution in [2.75, 3.05) is 131 Å². The molecule has 7 rings (SSSR count). The van der Waals surface area contributed by atoms with Crippen LogP contribution in [0.1, 0.15) is 130 Å². The van der Waals surface area contributed by atoms with Crippen molar-refractivity contribution in [2.24, 2.45) is 17.6 Å². The predicted molar refractivity (Wildman–Crippen MR) is 347 cm³/mol. The standard InChI is InChI=1S/C68H99N7O18/c1-8-68(82)53-40-57-62-51(41-75(57)65(79)52(53)43-92-66(68)80)60-54(17-16-50-47(7)46(6)39-56(71-62)59(50)60)73-67(81)93-42-48-12-14-49(15-13-48)70-63(77)55(11-9-10-20-69)72-64(78)61(45(4)5)74-58(76)19-22-84-24-26-86-28-30-88-32-34-90-36-38-91-37-35-89-33-31-87-29-27-85-25-23-83-21-18-44(2)3/h12-15,39-40,44-45,54-55,61,82H,8-11,16-38,41-43,69H2,1-7H3,(H,70,77)(H,72,78)(H,73,81)(H,74,76)/t54-,55-,61-,68-/m0/s1. The van der Waals surface area contributed by atoms with Crippen LogP contribution >= 0.6 is 0 Å². The monoisotopic (exact) mass is 1300 g/mol. The number of cyclic esters (lactones) is 1. The van der Waals surface area contributed by atoms with Gasteiger partial charge < -0.3 is 88.8 Å². The molecule has 1 aliphatic carbocycles. The van der Waals surface area contributed by atoms with Gasteiger partial charge in [-0.2, -0.15) is 0 Å². The number of aryl methyl sites for hydroxylation is 2. The first-order valence-electron chi connectivity index (χ1n) is 32.9. The molecule has 93 heavy (non-hydrogen) atoms. The molecule has 4 heterocycles. The summed E-state index contributed by atoms with van der Waals surface area (Å²) in [5, 5.41) is 24.1. The minimum atomic E-state index is -1.98. The van der Waals surface area contributed by atoms with Crippen molar-refractivity contribution in [1.82, 2.24) is 25.5 Å². The fourth-order valence-corrected chi connectivity index (χ4v) is 11.3. The van der Waals surface area contributed by atoms with Gasteiger partial charge in [-0.1, -0.05) is 46.8 Å². The number of nitrogens with two attached hydrogens (primary N) is 1. The van der Waals surface area contributed by atoms with E-state index in [0.717, 1.165) is 46.2 Å². The fraction of sp³-hybridized carbons (Fsp3) is 0.632. The summed E-state index contributed by atoms with van der Waals surface area (Å²) >= 11 is 0. The molecule has 2 aliphatic heterocycles. The number of aliphatic hydroxyl groups is 1. The highest BCUT2D eigenvalue weighted by atomic mass is 16.6. The Balaban J connectivity index is 0.766. The molecule has 0 fully saturated rings. The van der Waals surface area contributed by atoms with Crippen molar-refractivity contribution in [3.05, 3.63) is 91.3 Å². The molecule has 2 aromatic carbocycles. The number of nitrogens with one attached hydrogen (secondary N) is 4. The van der Waals surface area contributed by atoms with E-state index in [2.05, 4.69) is 42.0 Å². The van der Waals surface area contributed by atoms with Gasteiger partial charge in [0.25, 0.3) is 5.56 Å². The highest BCUT2D eigenvalue weighted by Crippen LogP contribution is 2.46. The Hall–Kier alpha value is -6.49. The highest BCUT2D eigenvalue weighted by molar-refractivity contribution is 5.99. The molecule has 7 N–H and O–H groups in total. The van der Waals surface area contributed by atoms with Gasteiger partial charge in [0, 0.05) is 35.2 Å². The Morgan fingerprint density at radius 2 is 1.29 bits per heavy atom. The van der Waals surface area contributed by atoms with Crippen molar-refractivity contribution in [2.45, 2.75) is 143 Å². The molecule has 0 spiro atoms. The number of esters is 1. The Morgan fingerprint density at radius 1 is 0.720 bits per heavy atom. The zero-order valence-corrected chi connectivity index (χ0v) is 55.4. The number of aromatic nitrogens is 2. The Labute approximate surface area is 545 Å². The molecule has 4 aromatic rings. The van der Waals surface area contributed by atoms with Crippen LogP contribution in [-0.2, 0) is 103 Å². The normalized spacial score (nSPS) is 16.2. The maximum atomic E-state index is 14.1. The van der Waals surface area contributed by atoms with Crippen molar-refractivity contribution in [3.63, 3.8) is 0 Å². The number of amides is 4. The number of ether oxygens (including phenoxy) is 11. The minimum Gasteiger partial charge on any atom is -0.458 e. The Morgan fingerprint density at radius 3 is 1.84 bits per heavy atom. The van der Waals surface area contributed by atoms with Gasteiger partial charge in [0.15, 0.2) is 5.60 Å². The van der Waals surface area contributed by atoms with Gasteiger partial charge in [0.1, 0.15) is 25.3 Å². The average molecular weight is 1300 g/mol. The molecular weight excluding hydrogens is 1200 g/mol. The Kier molecular flexibility index (Phi) is 30.3. The molecule has 0 radical (unpaired) electrons. The van der Waals surface area contributed by atoms with Gasteiger partial charge in [-0.15, -0.1) is 0 Å². The van der Waals surface area contributed by atoms with Gasteiger partial charge in [0.2, 0.25) is 17.7 Å². The third kappa shape index (κ3) is 21.5. The summed E-state index contributed by atoms with van der Waals surface area (Å²) < 4.78 is 62.5. The number of nitrogens with zero attached hydrogens (tertiary/aromatic N) is 2. The summed E-state index contributed by atoms with van der Waals surface area (Å²) in [6, 6.07) is 8.13. The predicted octanol–water partition coefficient (Wildman–Crippen LogP) is 5.89.